The molecular weight excluding hydrogens is 310 g/mol. The number of carbonyl (C=O) groups is 1. The van der Waals surface area contributed by atoms with Gasteiger partial charge in [0.05, 0.1) is 10.7 Å². The Bertz CT molecular complexity index is 688. The van der Waals surface area contributed by atoms with Gasteiger partial charge in [0.25, 0.3) is 5.69 Å². The van der Waals surface area contributed by atoms with Crippen LogP contribution in [0.5, 0.6) is 0 Å². The minimum atomic E-state index is -0.414. The molecule has 0 fully saturated rings. The van der Waals surface area contributed by atoms with Gasteiger partial charge in [-0.05, 0) is 11.1 Å². The Morgan fingerprint density at radius 1 is 1.43 bits per heavy atom. The molecule has 0 spiro atoms. The molecule has 0 unspecified atom stereocenters. The molecule has 8 heteroatoms. The Labute approximate surface area is 128 Å². The first-order chi connectivity index (χ1) is 10.1. The SMILES string of the molecule is O=C(CSc1nccs1)N1Cc2ccc([N+](=O)[O-])cc2C1. The number of nitrogens with zero attached hydrogens (tertiary/aromatic N) is 3. The minimum Gasteiger partial charge on any atom is -0.333 e. The van der Waals surface area contributed by atoms with E-state index in [0.717, 1.165) is 15.5 Å². The molecule has 1 aromatic heterocycles. The minimum absolute atomic E-state index is 0.0223. The van der Waals surface area contributed by atoms with E-state index in [1.807, 2.05) is 5.38 Å². The van der Waals surface area contributed by atoms with Crippen LogP contribution in [0.15, 0.2) is 34.1 Å². The highest BCUT2D eigenvalue weighted by Crippen LogP contribution is 2.28. The zero-order chi connectivity index (χ0) is 14.8. The largest absolute Gasteiger partial charge is 0.333 e. The number of thioether (sulfide) groups is 1. The smallest absolute Gasteiger partial charge is 0.269 e. The molecular formula is C13H11N3O3S2. The molecule has 108 valence electrons. The van der Waals surface area contributed by atoms with Crippen molar-refractivity contribution in [3.05, 3.63) is 51.0 Å². The van der Waals surface area contributed by atoms with E-state index in [0.29, 0.717) is 18.8 Å². The topological polar surface area (TPSA) is 76.3 Å². The number of nitro groups is 1. The number of carbonyl (C=O) groups excluding carboxylic acids is 1. The van der Waals surface area contributed by atoms with Gasteiger partial charge in [-0.1, -0.05) is 17.8 Å². The van der Waals surface area contributed by atoms with E-state index in [1.54, 1.807) is 23.2 Å². The summed E-state index contributed by atoms with van der Waals surface area (Å²) in [6.45, 7) is 0.957. The van der Waals surface area contributed by atoms with Crippen molar-refractivity contribution >= 4 is 34.7 Å². The molecule has 0 bridgehead atoms. The van der Waals surface area contributed by atoms with E-state index in [-0.39, 0.29) is 11.6 Å². The van der Waals surface area contributed by atoms with Crippen molar-refractivity contribution in [3.63, 3.8) is 0 Å². The number of nitro benzene ring substituents is 1. The highest BCUT2D eigenvalue weighted by molar-refractivity contribution is 8.01. The van der Waals surface area contributed by atoms with E-state index in [1.165, 1.54) is 29.2 Å². The molecule has 0 atom stereocenters. The number of aromatic nitrogens is 1. The fraction of sp³-hybridized carbons (Fsp3) is 0.231. The Balaban J connectivity index is 1.64. The lowest BCUT2D eigenvalue weighted by molar-refractivity contribution is -0.384. The van der Waals surface area contributed by atoms with E-state index < -0.39 is 4.92 Å². The van der Waals surface area contributed by atoms with Gasteiger partial charge in [-0.15, -0.1) is 11.3 Å². The summed E-state index contributed by atoms with van der Waals surface area (Å²) in [6, 6.07) is 4.77. The van der Waals surface area contributed by atoms with Crippen LogP contribution in [-0.2, 0) is 17.9 Å². The summed E-state index contributed by atoms with van der Waals surface area (Å²) in [5.41, 5.74) is 1.91. The molecule has 3 rings (SSSR count). The molecule has 0 N–H and O–H groups in total. The number of benzene rings is 1. The second kappa shape index (κ2) is 5.82. The Kier molecular flexibility index (Phi) is 3.89. The van der Waals surface area contributed by atoms with Gasteiger partial charge < -0.3 is 4.90 Å². The molecule has 2 heterocycles. The zero-order valence-corrected chi connectivity index (χ0v) is 12.5. The molecule has 2 aromatic rings. The fourth-order valence-corrected chi connectivity index (χ4v) is 3.71. The van der Waals surface area contributed by atoms with Crippen LogP contribution in [0.4, 0.5) is 5.69 Å². The van der Waals surface area contributed by atoms with E-state index in [9.17, 15) is 14.9 Å². The van der Waals surface area contributed by atoms with Crippen molar-refractivity contribution in [3.8, 4) is 0 Å². The molecule has 6 nitrogen and oxygen atoms in total. The third kappa shape index (κ3) is 3.06. The van der Waals surface area contributed by atoms with Crippen molar-refractivity contribution in [1.82, 2.24) is 9.88 Å². The maximum atomic E-state index is 12.2. The number of rotatable bonds is 4. The number of hydrogen-bond acceptors (Lipinski definition) is 6. The van der Waals surface area contributed by atoms with Crippen molar-refractivity contribution < 1.29 is 9.72 Å². The number of non-ortho nitro benzene ring substituents is 1. The maximum Gasteiger partial charge on any atom is 0.269 e. The Morgan fingerprint density at radius 2 is 2.24 bits per heavy atom. The van der Waals surface area contributed by atoms with Gasteiger partial charge in [0.2, 0.25) is 5.91 Å². The lowest BCUT2D eigenvalue weighted by Crippen LogP contribution is -2.26. The number of hydrogen-bond donors (Lipinski definition) is 0. The van der Waals surface area contributed by atoms with Crippen LogP contribution in [-0.4, -0.2) is 26.5 Å². The van der Waals surface area contributed by atoms with E-state index in [2.05, 4.69) is 4.98 Å². The molecule has 1 aliphatic rings. The lowest BCUT2D eigenvalue weighted by atomic mass is 10.1. The van der Waals surface area contributed by atoms with Gasteiger partial charge in [0.1, 0.15) is 4.34 Å². The quantitative estimate of drug-likeness (QED) is 0.491. The number of thiazole rings is 1. The summed E-state index contributed by atoms with van der Waals surface area (Å²) in [5.74, 6) is 0.359. The van der Waals surface area contributed by atoms with Gasteiger partial charge in [0.15, 0.2) is 0 Å². The number of amides is 1. The maximum absolute atomic E-state index is 12.2. The molecule has 1 aliphatic heterocycles. The van der Waals surface area contributed by atoms with Crippen molar-refractivity contribution in [2.75, 3.05) is 5.75 Å². The molecule has 0 radical (unpaired) electrons. The summed E-state index contributed by atoms with van der Waals surface area (Å²) >= 11 is 2.92. The molecule has 1 aromatic carbocycles. The van der Waals surface area contributed by atoms with Crippen LogP contribution in [0.3, 0.4) is 0 Å². The molecule has 0 aliphatic carbocycles. The Hall–Kier alpha value is -1.93. The first-order valence-corrected chi connectivity index (χ1v) is 8.06. The van der Waals surface area contributed by atoms with Crippen LogP contribution >= 0.6 is 23.1 Å². The second-order valence-electron chi connectivity index (χ2n) is 4.55. The van der Waals surface area contributed by atoms with Crippen LogP contribution in [0, 0.1) is 10.1 Å². The first kappa shape index (κ1) is 14.0. The van der Waals surface area contributed by atoms with E-state index >= 15 is 0 Å². The normalized spacial score (nSPS) is 13.2. The monoisotopic (exact) mass is 321 g/mol. The van der Waals surface area contributed by atoms with Gasteiger partial charge in [0, 0.05) is 36.8 Å². The summed E-state index contributed by atoms with van der Waals surface area (Å²) < 4.78 is 0.871. The van der Waals surface area contributed by atoms with Crippen LogP contribution in [0.2, 0.25) is 0 Å². The predicted octanol–water partition coefficient (Wildman–Crippen LogP) is 2.69. The molecule has 0 saturated heterocycles. The van der Waals surface area contributed by atoms with Gasteiger partial charge in [-0.2, -0.15) is 0 Å². The van der Waals surface area contributed by atoms with Crippen LogP contribution in [0.25, 0.3) is 0 Å². The lowest BCUT2D eigenvalue weighted by Gasteiger charge is -2.14. The zero-order valence-electron chi connectivity index (χ0n) is 10.9. The molecule has 21 heavy (non-hydrogen) atoms. The summed E-state index contributed by atoms with van der Waals surface area (Å²) in [4.78, 5) is 28.4. The molecule has 1 amide bonds. The van der Waals surface area contributed by atoms with Gasteiger partial charge in [-0.3, -0.25) is 14.9 Å². The van der Waals surface area contributed by atoms with E-state index in [4.69, 9.17) is 0 Å². The van der Waals surface area contributed by atoms with Crippen LogP contribution in [0.1, 0.15) is 11.1 Å². The first-order valence-electron chi connectivity index (χ1n) is 6.20. The summed E-state index contributed by atoms with van der Waals surface area (Å²) in [5, 5.41) is 12.6. The fourth-order valence-electron chi connectivity index (χ4n) is 2.17. The Morgan fingerprint density at radius 3 is 2.95 bits per heavy atom. The highest BCUT2D eigenvalue weighted by Gasteiger charge is 2.25. The third-order valence-electron chi connectivity index (χ3n) is 3.20. The average Bonchev–Trinajstić information content (AvgIpc) is 3.12. The number of fused-ring (bicyclic) bond motifs is 1. The highest BCUT2D eigenvalue weighted by atomic mass is 32.2. The van der Waals surface area contributed by atoms with Crippen LogP contribution < -0.4 is 0 Å². The third-order valence-corrected chi connectivity index (χ3v) is 5.16. The second-order valence-corrected chi connectivity index (χ2v) is 6.66. The molecule has 0 saturated carbocycles. The van der Waals surface area contributed by atoms with Crippen molar-refractivity contribution in [2.24, 2.45) is 0 Å². The average molecular weight is 321 g/mol. The summed E-state index contributed by atoms with van der Waals surface area (Å²) in [7, 11) is 0. The van der Waals surface area contributed by atoms with Gasteiger partial charge >= 0.3 is 0 Å². The summed E-state index contributed by atoms with van der Waals surface area (Å²) in [6.07, 6.45) is 1.71. The van der Waals surface area contributed by atoms with Crippen molar-refractivity contribution in [2.45, 2.75) is 17.4 Å². The van der Waals surface area contributed by atoms with Gasteiger partial charge in [-0.25, -0.2) is 4.98 Å². The predicted molar refractivity (Wildman–Crippen MR) is 80.2 cm³/mol. The standard InChI is InChI=1S/C13H11N3O3S2/c17-12(8-21-13-14-3-4-20-13)15-6-9-1-2-11(16(18)19)5-10(9)7-15/h1-5H,6-8H2. The van der Waals surface area contributed by atoms with Crippen molar-refractivity contribution in [1.29, 1.82) is 0 Å².